The van der Waals surface area contributed by atoms with E-state index in [0.717, 1.165) is 28.9 Å². The maximum absolute atomic E-state index is 2.26. The lowest BCUT2D eigenvalue weighted by atomic mass is 10.3. The summed E-state index contributed by atoms with van der Waals surface area (Å²) in [5.74, 6) is 9.69. The van der Waals surface area contributed by atoms with E-state index in [1.165, 1.54) is 28.8 Å². The Balaban J connectivity index is -0.000000178. The molecule has 0 aliphatic carbocycles. The van der Waals surface area contributed by atoms with Gasteiger partial charge in [-0.1, -0.05) is 183 Å². The van der Waals surface area contributed by atoms with Crippen molar-refractivity contribution in [1.82, 2.24) is 0 Å². The average Bonchev–Trinajstić information content (AvgIpc) is 2.66. The van der Waals surface area contributed by atoms with Crippen LogP contribution in [0.1, 0.15) is 96.9 Å². The minimum atomic E-state index is 0.416. The van der Waals surface area contributed by atoms with Gasteiger partial charge in [-0.05, 0) is 29.9 Å². The lowest BCUT2D eigenvalue weighted by molar-refractivity contribution is 0.752. The van der Waals surface area contributed by atoms with Crippen LogP contribution in [0, 0.1) is 23.7 Å². The van der Waals surface area contributed by atoms with Gasteiger partial charge in [0.15, 0.2) is 0 Å². The molecular weight excluding hydrogens is 569 g/mol. The summed E-state index contributed by atoms with van der Waals surface area (Å²) in [6.07, 6.45) is 2.12. The molecule has 0 spiro atoms. The first kappa shape index (κ1) is 43.8. The van der Waals surface area contributed by atoms with Gasteiger partial charge in [-0.3, -0.25) is 0 Å². The van der Waals surface area contributed by atoms with Crippen molar-refractivity contribution in [2.75, 3.05) is 35.0 Å². The number of hydrogen-bond donors (Lipinski definition) is 0. The van der Waals surface area contributed by atoms with Crippen LogP contribution in [0.25, 0.3) is 0 Å². The predicted molar refractivity (Wildman–Crippen MR) is 191 cm³/mol. The molecule has 34 heavy (non-hydrogen) atoms. The van der Waals surface area contributed by atoms with Gasteiger partial charge in [-0.15, -0.1) is 0 Å². The lowest BCUT2D eigenvalue weighted by Crippen LogP contribution is -2.05. The summed E-state index contributed by atoms with van der Waals surface area (Å²) in [5, 5.41) is 0.772. The molecule has 0 heterocycles. The molecule has 0 radical (unpaired) electrons. The predicted octanol–water partition coefficient (Wildman–Crippen LogP) is 13.0. The monoisotopic (exact) mass is 628 g/mol. The Hall–Kier alpha value is 2.80. The van der Waals surface area contributed by atoms with E-state index < -0.39 is 0 Å². The lowest BCUT2D eigenvalue weighted by Gasteiger charge is -2.16. The highest BCUT2D eigenvalue weighted by molar-refractivity contribution is 8.77. The number of rotatable bonds is 14. The van der Waals surface area contributed by atoms with E-state index in [9.17, 15) is 0 Å². The first-order chi connectivity index (χ1) is 15.6. The van der Waals surface area contributed by atoms with Crippen LogP contribution < -0.4 is 0 Å². The zero-order chi connectivity index (χ0) is 27.6. The van der Waals surface area contributed by atoms with Crippen molar-refractivity contribution in [3.05, 3.63) is 0 Å². The standard InChI is InChI=1S/C8H18S2.C7H16S2.C6H14S2.C5H12S2/c1-7(2)6-9-10-8(3,4)5;1-6(2)5-8-9-7(3)4;1-4-7-8-5-6(2)3;1-5(2)4-7-6-3/h7H,6H2,1-5H3;6-7H,5H2,1-4H3;6H,4-5H2,1-3H3;5H,4H2,1-3H3. The van der Waals surface area contributed by atoms with E-state index in [2.05, 4.69) is 103 Å². The van der Waals surface area contributed by atoms with Gasteiger partial charge in [0.2, 0.25) is 0 Å². The topological polar surface area (TPSA) is 0 Å². The van der Waals surface area contributed by atoms with Crippen molar-refractivity contribution in [2.24, 2.45) is 23.7 Å². The minimum Gasteiger partial charge on any atom is -0.0976 e. The molecule has 8 heteroatoms. The van der Waals surface area contributed by atoms with Gasteiger partial charge in [0.25, 0.3) is 0 Å². The van der Waals surface area contributed by atoms with Crippen LogP contribution in [0.4, 0.5) is 0 Å². The molecule has 0 saturated heterocycles. The van der Waals surface area contributed by atoms with Crippen LogP contribution in [0.15, 0.2) is 0 Å². The molecule has 0 aromatic rings. The van der Waals surface area contributed by atoms with Gasteiger partial charge in [0, 0.05) is 38.8 Å². The van der Waals surface area contributed by atoms with Gasteiger partial charge >= 0.3 is 0 Å². The second-order valence-corrected chi connectivity index (χ2v) is 22.2. The molecule has 212 valence electrons. The third-order valence-corrected chi connectivity index (χ3v) is 14.4. The molecule has 0 aromatic heterocycles. The molecule has 0 N–H and O–H groups in total. The fourth-order valence-corrected chi connectivity index (χ4v) is 10.2. The second-order valence-electron chi connectivity index (χ2n) is 10.6. The Morgan fingerprint density at radius 1 is 0.529 bits per heavy atom. The summed E-state index contributed by atoms with van der Waals surface area (Å²) in [4.78, 5) is 0. The zero-order valence-corrected chi connectivity index (χ0v) is 31.7. The highest BCUT2D eigenvalue weighted by Gasteiger charge is 2.10. The quantitative estimate of drug-likeness (QED) is 0.136. The van der Waals surface area contributed by atoms with Gasteiger partial charge in [0.05, 0.1) is 0 Å². The van der Waals surface area contributed by atoms with E-state index in [-0.39, 0.29) is 0 Å². The molecule has 0 unspecified atom stereocenters. The SMILES string of the molecule is CC(C)CSSC(C)(C)C.CC(C)CSSC(C)C.CCSSCC(C)C.CSSCC(C)C. The Morgan fingerprint density at radius 2 is 0.912 bits per heavy atom. The molecule has 0 atom stereocenters. The third-order valence-electron chi connectivity index (χ3n) is 2.49. The first-order valence-corrected chi connectivity index (χ1v) is 22.5. The summed E-state index contributed by atoms with van der Waals surface area (Å²) in [6, 6.07) is 0. The molecule has 0 bridgehead atoms. The summed E-state index contributed by atoms with van der Waals surface area (Å²) < 4.78 is 0.416. The largest absolute Gasteiger partial charge is 0.0976 e. The summed E-state index contributed by atoms with van der Waals surface area (Å²) in [7, 11) is 15.6. The van der Waals surface area contributed by atoms with Gasteiger partial charge < -0.3 is 0 Å². The van der Waals surface area contributed by atoms with Gasteiger partial charge in [-0.2, -0.15) is 0 Å². The fourth-order valence-electron chi connectivity index (χ4n) is 1.13. The van der Waals surface area contributed by atoms with Crippen LogP contribution in [0.5, 0.6) is 0 Å². The van der Waals surface area contributed by atoms with Crippen LogP contribution in [0.2, 0.25) is 0 Å². The van der Waals surface area contributed by atoms with Crippen LogP contribution >= 0.6 is 86.4 Å². The van der Waals surface area contributed by atoms with Gasteiger partial charge in [0.1, 0.15) is 0 Å². The zero-order valence-electron chi connectivity index (χ0n) is 25.2. The Bertz CT molecular complexity index is 345. The van der Waals surface area contributed by atoms with Crippen molar-refractivity contribution in [3.8, 4) is 0 Å². The van der Waals surface area contributed by atoms with Crippen molar-refractivity contribution in [2.45, 2.75) is 107 Å². The highest BCUT2D eigenvalue weighted by atomic mass is 33.1. The summed E-state index contributed by atoms with van der Waals surface area (Å²) in [5.41, 5.74) is 0. The van der Waals surface area contributed by atoms with Crippen LogP contribution in [-0.4, -0.2) is 45.0 Å². The Morgan fingerprint density at radius 3 is 1.21 bits per heavy atom. The molecular formula is C26H60S8. The molecule has 0 saturated carbocycles. The molecule has 0 aliphatic rings. The summed E-state index contributed by atoms with van der Waals surface area (Å²) in [6.45, 7) is 31.4. The average molecular weight is 629 g/mol. The normalized spacial score (nSPS) is 11.3. The number of hydrogen-bond acceptors (Lipinski definition) is 8. The van der Waals surface area contributed by atoms with Crippen molar-refractivity contribution < 1.29 is 0 Å². The molecule has 0 aliphatic heterocycles. The maximum Gasteiger partial charge on any atom is 0.0179 e. The Labute approximate surface area is 249 Å². The smallest absolute Gasteiger partial charge is 0.0179 e. The van der Waals surface area contributed by atoms with E-state index in [1.54, 1.807) is 0 Å². The summed E-state index contributed by atoms with van der Waals surface area (Å²) >= 11 is 0. The fraction of sp³-hybridized carbons (Fsp3) is 1.00. The van der Waals surface area contributed by atoms with Crippen molar-refractivity contribution in [3.63, 3.8) is 0 Å². The van der Waals surface area contributed by atoms with E-state index in [0.29, 0.717) is 4.75 Å². The van der Waals surface area contributed by atoms with E-state index >= 15 is 0 Å². The molecule has 0 nitrogen and oxygen atoms in total. The minimum absolute atomic E-state index is 0.416. The maximum atomic E-state index is 2.26. The molecule has 0 fully saturated rings. The third kappa shape index (κ3) is 64.6. The van der Waals surface area contributed by atoms with Gasteiger partial charge in [-0.25, -0.2) is 0 Å². The second kappa shape index (κ2) is 32.0. The van der Waals surface area contributed by atoms with E-state index in [1.807, 2.05) is 86.4 Å². The molecule has 0 rings (SSSR count). The molecule has 0 aromatic carbocycles. The van der Waals surface area contributed by atoms with Crippen molar-refractivity contribution >= 4 is 86.4 Å². The highest BCUT2D eigenvalue weighted by Crippen LogP contribution is 2.35. The van der Waals surface area contributed by atoms with Crippen molar-refractivity contribution in [1.29, 1.82) is 0 Å². The Kier molecular flexibility index (Phi) is 41.3. The van der Waals surface area contributed by atoms with E-state index in [4.69, 9.17) is 0 Å². The van der Waals surface area contributed by atoms with Crippen LogP contribution in [-0.2, 0) is 0 Å². The molecule has 0 amide bonds. The van der Waals surface area contributed by atoms with Crippen LogP contribution in [0.3, 0.4) is 0 Å². The first-order valence-electron chi connectivity index (χ1n) is 12.6.